The summed E-state index contributed by atoms with van der Waals surface area (Å²) >= 11 is 5.07. The van der Waals surface area contributed by atoms with E-state index in [9.17, 15) is 4.79 Å². The average Bonchev–Trinajstić information content (AvgIpc) is 1.75. The second-order valence-corrected chi connectivity index (χ2v) is 3.13. The standard InChI is InChI=1S/C7H12ClNO/c8-7(10)9-5-4-6-2-1-3-6/h6H,1-5H2,(H,9,10). The Bertz CT molecular complexity index is 123. The number of hydrogen-bond donors (Lipinski definition) is 1. The first kappa shape index (κ1) is 7.86. The van der Waals surface area contributed by atoms with E-state index in [0.717, 1.165) is 18.9 Å². The Hall–Kier alpha value is -0.240. The van der Waals surface area contributed by atoms with Crippen molar-refractivity contribution in [2.24, 2.45) is 5.92 Å². The Morgan fingerprint density at radius 2 is 2.30 bits per heavy atom. The van der Waals surface area contributed by atoms with E-state index >= 15 is 0 Å². The summed E-state index contributed by atoms with van der Waals surface area (Å²) in [4.78, 5) is 10.2. The minimum atomic E-state index is -0.431. The van der Waals surface area contributed by atoms with Gasteiger partial charge in [0.1, 0.15) is 0 Å². The zero-order chi connectivity index (χ0) is 7.40. The third kappa shape index (κ3) is 2.56. The molecule has 0 aromatic rings. The fourth-order valence-corrected chi connectivity index (χ4v) is 1.25. The summed E-state index contributed by atoms with van der Waals surface area (Å²) in [5.74, 6) is 0.850. The lowest BCUT2D eigenvalue weighted by atomic mass is 9.83. The van der Waals surface area contributed by atoms with E-state index in [1.807, 2.05) is 0 Å². The van der Waals surface area contributed by atoms with E-state index < -0.39 is 5.37 Å². The molecule has 1 aliphatic carbocycles. The van der Waals surface area contributed by atoms with Crippen molar-refractivity contribution < 1.29 is 4.79 Å². The Morgan fingerprint density at radius 3 is 2.70 bits per heavy atom. The molecule has 1 rings (SSSR count). The fraction of sp³-hybridized carbons (Fsp3) is 0.857. The van der Waals surface area contributed by atoms with Crippen LogP contribution in [-0.2, 0) is 0 Å². The van der Waals surface area contributed by atoms with E-state index in [-0.39, 0.29) is 0 Å². The first-order chi connectivity index (χ1) is 4.79. The monoisotopic (exact) mass is 161 g/mol. The van der Waals surface area contributed by atoms with Crippen LogP contribution >= 0.6 is 11.6 Å². The second-order valence-electron chi connectivity index (χ2n) is 2.79. The third-order valence-corrected chi connectivity index (χ3v) is 2.17. The van der Waals surface area contributed by atoms with Crippen molar-refractivity contribution in [2.45, 2.75) is 25.7 Å². The molecule has 0 atom stereocenters. The van der Waals surface area contributed by atoms with Gasteiger partial charge in [-0.2, -0.15) is 0 Å². The van der Waals surface area contributed by atoms with E-state index in [0.29, 0.717) is 0 Å². The molecule has 0 aromatic carbocycles. The first-order valence-corrected chi connectivity index (χ1v) is 4.10. The van der Waals surface area contributed by atoms with Crippen LogP contribution in [0, 0.1) is 5.92 Å². The Morgan fingerprint density at radius 1 is 1.60 bits per heavy atom. The zero-order valence-electron chi connectivity index (χ0n) is 5.90. The van der Waals surface area contributed by atoms with Crippen molar-refractivity contribution in [3.05, 3.63) is 0 Å². The lowest BCUT2D eigenvalue weighted by Crippen LogP contribution is -2.22. The lowest BCUT2D eigenvalue weighted by molar-refractivity contribution is 0.255. The van der Waals surface area contributed by atoms with Crippen LogP contribution in [0.25, 0.3) is 0 Å². The van der Waals surface area contributed by atoms with Crippen LogP contribution in [0.15, 0.2) is 0 Å². The maximum Gasteiger partial charge on any atom is 0.313 e. The molecule has 58 valence electrons. The molecule has 0 spiro atoms. The molecule has 1 amide bonds. The highest BCUT2D eigenvalue weighted by Gasteiger charge is 2.16. The molecule has 1 N–H and O–H groups in total. The number of carbonyl (C=O) groups excluding carboxylic acids is 1. The number of halogens is 1. The van der Waals surface area contributed by atoms with Crippen LogP contribution in [0.4, 0.5) is 4.79 Å². The highest BCUT2D eigenvalue weighted by Crippen LogP contribution is 2.28. The van der Waals surface area contributed by atoms with Gasteiger partial charge in [0.25, 0.3) is 0 Å². The molecule has 3 heteroatoms. The van der Waals surface area contributed by atoms with E-state index in [2.05, 4.69) is 5.32 Å². The molecule has 1 aliphatic rings. The summed E-state index contributed by atoms with van der Waals surface area (Å²) in [5, 5.41) is 2.14. The van der Waals surface area contributed by atoms with Gasteiger partial charge in [0, 0.05) is 6.54 Å². The van der Waals surface area contributed by atoms with Gasteiger partial charge in [-0.15, -0.1) is 0 Å². The fourth-order valence-electron chi connectivity index (χ4n) is 1.16. The van der Waals surface area contributed by atoms with Gasteiger partial charge >= 0.3 is 5.37 Å². The van der Waals surface area contributed by atoms with E-state index in [1.165, 1.54) is 19.3 Å². The molecular weight excluding hydrogens is 150 g/mol. The maximum absolute atomic E-state index is 10.2. The van der Waals surface area contributed by atoms with E-state index in [1.54, 1.807) is 0 Å². The summed E-state index contributed by atoms with van der Waals surface area (Å²) in [7, 11) is 0. The van der Waals surface area contributed by atoms with Crippen molar-refractivity contribution >= 4 is 17.0 Å². The molecule has 1 fully saturated rings. The Labute approximate surface area is 65.9 Å². The summed E-state index contributed by atoms with van der Waals surface area (Å²) in [6.45, 7) is 0.743. The van der Waals surface area contributed by atoms with Gasteiger partial charge in [-0.1, -0.05) is 19.3 Å². The molecular formula is C7H12ClNO. The zero-order valence-corrected chi connectivity index (χ0v) is 6.66. The van der Waals surface area contributed by atoms with Crippen LogP contribution in [0.3, 0.4) is 0 Å². The topological polar surface area (TPSA) is 29.1 Å². The Kier molecular flexibility index (Phi) is 3.00. The quantitative estimate of drug-likeness (QED) is 0.499. The maximum atomic E-state index is 10.2. The summed E-state index contributed by atoms with van der Waals surface area (Å²) < 4.78 is 0. The van der Waals surface area contributed by atoms with Crippen LogP contribution in [-0.4, -0.2) is 11.9 Å². The molecule has 0 unspecified atom stereocenters. The predicted molar refractivity (Wildman–Crippen MR) is 41.2 cm³/mol. The van der Waals surface area contributed by atoms with Gasteiger partial charge in [-0.05, 0) is 23.9 Å². The van der Waals surface area contributed by atoms with Crippen molar-refractivity contribution in [1.82, 2.24) is 5.32 Å². The minimum Gasteiger partial charge on any atom is -0.343 e. The third-order valence-electron chi connectivity index (χ3n) is 2.04. The predicted octanol–water partition coefficient (Wildman–Crippen LogP) is 2.12. The molecule has 0 heterocycles. The average molecular weight is 162 g/mol. The van der Waals surface area contributed by atoms with Gasteiger partial charge in [-0.25, -0.2) is 0 Å². The number of carbonyl (C=O) groups is 1. The van der Waals surface area contributed by atoms with Gasteiger partial charge in [0.2, 0.25) is 0 Å². The molecule has 2 nitrogen and oxygen atoms in total. The minimum absolute atomic E-state index is 0.431. The summed E-state index contributed by atoms with van der Waals surface area (Å²) in [6.07, 6.45) is 5.12. The highest BCUT2D eigenvalue weighted by molar-refractivity contribution is 6.62. The number of rotatable bonds is 3. The van der Waals surface area contributed by atoms with E-state index in [4.69, 9.17) is 11.6 Å². The largest absolute Gasteiger partial charge is 0.343 e. The van der Waals surface area contributed by atoms with Crippen molar-refractivity contribution in [3.63, 3.8) is 0 Å². The van der Waals surface area contributed by atoms with Crippen molar-refractivity contribution in [2.75, 3.05) is 6.54 Å². The highest BCUT2D eigenvalue weighted by atomic mass is 35.5. The molecule has 0 bridgehead atoms. The smallest absolute Gasteiger partial charge is 0.313 e. The van der Waals surface area contributed by atoms with Crippen LogP contribution in [0.2, 0.25) is 0 Å². The normalized spacial score (nSPS) is 18.1. The molecule has 10 heavy (non-hydrogen) atoms. The number of nitrogens with one attached hydrogen (secondary N) is 1. The molecule has 0 radical (unpaired) electrons. The van der Waals surface area contributed by atoms with Gasteiger partial charge in [0.05, 0.1) is 0 Å². The number of hydrogen-bond acceptors (Lipinski definition) is 1. The lowest BCUT2D eigenvalue weighted by Gasteiger charge is -2.24. The van der Waals surface area contributed by atoms with Gasteiger partial charge in [0.15, 0.2) is 0 Å². The van der Waals surface area contributed by atoms with Gasteiger partial charge in [-0.3, -0.25) is 4.79 Å². The summed E-state index contributed by atoms with van der Waals surface area (Å²) in [6, 6.07) is 0. The SMILES string of the molecule is O=C(Cl)NCCC1CCC1. The molecule has 0 saturated heterocycles. The van der Waals surface area contributed by atoms with Crippen LogP contribution in [0.1, 0.15) is 25.7 Å². The van der Waals surface area contributed by atoms with Gasteiger partial charge < -0.3 is 5.32 Å². The van der Waals surface area contributed by atoms with Crippen LogP contribution in [0.5, 0.6) is 0 Å². The van der Waals surface area contributed by atoms with Crippen molar-refractivity contribution in [3.8, 4) is 0 Å². The molecule has 0 aromatic heterocycles. The Balaban J connectivity index is 1.89. The molecule has 1 saturated carbocycles. The second kappa shape index (κ2) is 3.81. The number of amides is 1. The first-order valence-electron chi connectivity index (χ1n) is 3.72. The molecule has 0 aliphatic heterocycles. The van der Waals surface area contributed by atoms with Crippen molar-refractivity contribution in [1.29, 1.82) is 0 Å². The summed E-state index contributed by atoms with van der Waals surface area (Å²) in [5.41, 5.74) is 0. The van der Waals surface area contributed by atoms with Crippen LogP contribution < -0.4 is 5.32 Å².